The van der Waals surface area contributed by atoms with Gasteiger partial charge in [-0.15, -0.1) is 0 Å². The van der Waals surface area contributed by atoms with Crippen molar-refractivity contribution < 1.29 is 9.26 Å². The number of benzene rings is 1. The number of pyridine rings is 1. The van der Waals surface area contributed by atoms with Crippen molar-refractivity contribution in [1.29, 1.82) is 0 Å². The average molecular weight is 416 g/mol. The summed E-state index contributed by atoms with van der Waals surface area (Å²) in [5, 5.41) is 8.49. The molecule has 1 fully saturated rings. The van der Waals surface area contributed by atoms with Crippen molar-refractivity contribution in [3.05, 3.63) is 78.2 Å². The maximum absolute atomic E-state index is 5.64. The molecular weight excluding hydrogens is 392 g/mol. The lowest BCUT2D eigenvalue weighted by atomic mass is 10.1. The Morgan fingerprint density at radius 1 is 1.16 bits per heavy atom. The van der Waals surface area contributed by atoms with Crippen LogP contribution in [0.25, 0.3) is 11.4 Å². The van der Waals surface area contributed by atoms with Gasteiger partial charge in [0.2, 0.25) is 11.7 Å². The Morgan fingerprint density at radius 3 is 2.94 bits per heavy atom. The number of ether oxygens (including phenoxy) is 1. The van der Waals surface area contributed by atoms with Crippen LogP contribution in [0.5, 0.6) is 5.75 Å². The van der Waals surface area contributed by atoms with Crippen molar-refractivity contribution >= 4 is 0 Å². The molecular formula is C23H24N6O2. The third-order valence-corrected chi connectivity index (χ3v) is 5.63. The van der Waals surface area contributed by atoms with Crippen molar-refractivity contribution in [2.45, 2.75) is 32.0 Å². The predicted octanol–water partition coefficient (Wildman–Crippen LogP) is 3.72. The fourth-order valence-electron chi connectivity index (χ4n) is 4.13. The molecule has 1 aromatic carbocycles. The van der Waals surface area contributed by atoms with E-state index in [1.807, 2.05) is 35.1 Å². The summed E-state index contributed by atoms with van der Waals surface area (Å²) in [6, 6.07) is 12.2. The largest absolute Gasteiger partial charge is 0.496 e. The number of methoxy groups -OCH3 is 1. The third-order valence-electron chi connectivity index (χ3n) is 5.63. The molecule has 158 valence electrons. The normalized spacial score (nSPS) is 16.6. The zero-order chi connectivity index (χ0) is 21.0. The number of likely N-dealkylation sites (tertiary alicyclic amines) is 1. The van der Waals surface area contributed by atoms with E-state index in [2.05, 4.69) is 37.3 Å². The van der Waals surface area contributed by atoms with Crippen LogP contribution in [0.1, 0.15) is 35.9 Å². The number of nitrogens with zero attached hydrogens (tertiary/aromatic N) is 6. The highest BCUT2D eigenvalue weighted by Crippen LogP contribution is 2.33. The molecule has 1 atom stereocenters. The summed E-state index contributed by atoms with van der Waals surface area (Å²) >= 11 is 0. The van der Waals surface area contributed by atoms with Gasteiger partial charge in [-0.05, 0) is 55.3 Å². The van der Waals surface area contributed by atoms with E-state index in [0.29, 0.717) is 18.3 Å². The van der Waals surface area contributed by atoms with E-state index in [0.717, 1.165) is 42.8 Å². The fraction of sp³-hybridized carbons (Fsp3) is 0.304. The standard InChI is InChI=1S/C23H24N6O2/c1-30-21-8-7-17(13-19(21)16-29-12-4-10-25-29)15-28-11-3-6-20(28)23-26-22(27-31-23)18-5-2-9-24-14-18/h2,4-5,7-10,12-14,20H,3,6,11,15-16H2,1H3/t20-/m0/s1. The van der Waals surface area contributed by atoms with Gasteiger partial charge in [-0.1, -0.05) is 11.2 Å². The van der Waals surface area contributed by atoms with E-state index in [9.17, 15) is 0 Å². The van der Waals surface area contributed by atoms with Gasteiger partial charge in [-0.2, -0.15) is 10.1 Å². The SMILES string of the molecule is COc1ccc(CN2CCC[C@H]2c2nc(-c3cccnc3)no2)cc1Cn1cccn1. The van der Waals surface area contributed by atoms with Crippen molar-refractivity contribution in [3.8, 4) is 17.1 Å². The molecule has 4 heterocycles. The summed E-state index contributed by atoms with van der Waals surface area (Å²) in [4.78, 5) is 11.2. The van der Waals surface area contributed by atoms with E-state index in [4.69, 9.17) is 9.26 Å². The quantitative estimate of drug-likeness (QED) is 0.454. The molecule has 3 aromatic heterocycles. The summed E-state index contributed by atoms with van der Waals surface area (Å²) in [6.45, 7) is 2.48. The van der Waals surface area contributed by atoms with Gasteiger partial charge in [0.25, 0.3) is 0 Å². The van der Waals surface area contributed by atoms with Crippen molar-refractivity contribution in [2.24, 2.45) is 0 Å². The third kappa shape index (κ3) is 4.20. The fourth-order valence-corrected chi connectivity index (χ4v) is 4.13. The Labute approximate surface area is 180 Å². The Balaban J connectivity index is 1.34. The van der Waals surface area contributed by atoms with Crippen molar-refractivity contribution in [1.82, 2.24) is 29.8 Å². The zero-order valence-corrected chi connectivity index (χ0v) is 17.4. The van der Waals surface area contributed by atoms with Crippen LogP contribution in [-0.4, -0.2) is 43.5 Å². The van der Waals surface area contributed by atoms with Crippen LogP contribution in [0, 0.1) is 0 Å². The number of rotatable bonds is 7. The molecule has 0 bridgehead atoms. The van der Waals surface area contributed by atoms with Gasteiger partial charge < -0.3 is 9.26 Å². The van der Waals surface area contributed by atoms with Crippen LogP contribution in [-0.2, 0) is 13.1 Å². The molecule has 4 aromatic rings. The molecule has 0 saturated carbocycles. The van der Waals surface area contributed by atoms with Crippen molar-refractivity contribution in [3.63, 3.8) is 0 Å². The highest BCUT2D eigenvalue weighted by Gasteiger charge is 2.31. The van der Waals surface area contributed by atoms with E-state index in [1.165, 1.54) is 5.56 Å². The first-order valence-electron chi connectivity index (χ1n) is 10.4. The predicted molar refractivity (Wildman–Crippen MR) is 114 cm³/mol. The molecule has 5 rings (SSSR count). The summed E-state index contributed by atoms with van der Waals surface area (Å²) < 4.78 is 13.1. The van der Waals surface area contributed by atoms with Crippen LogP contribution in [0.3, 0.4) is 0 Å². The highest BCUT2D eigenvalue weighted by atomic mass is 16.5. The summed E-state index contributed by atoms with van der Waals surface area (Å²) in [7, 11) is 1.70. The van der Waals surface area contributed by atoms with Gasteiger partial charge in [0.15, 0.2) is 0 Å². The first-order chi connectivity index (χ1) is 15.3. The lowest BCUT2D eigenvalue weighted by Crippen LogP contribution is -2.23. The molecule has 8 heteroatoms. The van der Waals surface area contributed by atoms with E-state index in [1.54, 1.807) is 25.7 Å². The lowest BCUT2D eigenvalue weighted by Gasteiger charge is -2.22. The van der Waals surface area contributed by atoms with E-state index < -0.39 is 0 Å². The van der Waals surface area contributed by atoms with Gasteiger partial charge in [0.1, 0.15) is 5.75 Å². The first kappa shape index (κ1) is 19.4. The molecule has 1 saturated heterocycles. The molecule has 0 amide bonds. The molecule has 8 nitrogen and oxygen atoms in total. The van der Waals surface area contributed by atoms with Crippen LogP contribution in [0.4, 0.5) is 0 Å². The zero-order valence-electron chi connectivity index (χ0n) is 17.4. The van der Waals surface area contributed by atoms with Crippen molar-refractivity contribution in [2.75, 3.05) is 13.7 Å². The molecule has 0 spiro atoms. The van der Waals surface area contributed by atoms with Gasteiger partial charge in [-0.25, -0.2) is 0 Å². The number of hydrogen-bond acceptors (Lipinski definition) is 7. The van der Waals surface area contributed by atoms with E-state index in [-0.39, 0.29) is 6.04 Å². The van der Waals surface area contributed by atoms with Gasteiger partial charge in [-0.3, -0.25) is 14.6 Å². The van der Waals surface area contributed by atoms with Gasteiger partial charge >= 0.3 is 0 Å². The van der Waals surface area contributed by atoms with Crippen LogP contribution >= 0.6 is 0 Å². The second-order valence-corrected chi connectivity index (χ2v) is 7.68. The Morgan fingerprint density at radius 2 is 2.13 bits per heavy atom. The lowest BCUT2D eigenvalue weighted by molar-refractivity contribution is 0.201. The maximum atomic E-state index is 5.64. The first-order valence-corrected chi connectivity index (χ1v) is 10.4. The topological polar surface area (TPSA) is 82.1 Å². The second-order valence-electron chi connectivity index (χ2n) is 7.68. The monoisotopic (exact) mass is 416 g/mol. The number of hydrogen-bond donors (Lipinski definition) is 0. The van der Waals surface area contributed by atoms with Crippen LogP contribution in [0.15, 0.2) is 65.7 Å². The highest BCUT2D eigenvalue weighted by molar-refractivity contribution is 5.51. The second kappa shape index (κ2) is 8.69. The average Bonchev–Trinajstić information content (AvgIpc) is 3.57. The molecule has 31 heavy (non-hydrogen) atoms. The minimum Gasteiger partial charge on any atom is -0.496 e. The Hall–Kier alpha value is -3.52. The van der Waals surface area contributed by atoms with Gasteiger partial charge in [0.05, 0.1) is 19.7 Å². The summed E-state index contributed by atoms with van der Waals surface area (Å²) in [5.74, 6) is 2.12. The maximum Gasteiger partial charge on any atom is 0.244 e. The summed E-state index contributed by atoms with van der Waals surface area (Å²) in [5.41, 5.74) is 3.19. The molecule has 1 aliphatic rings. The van der Waals surface area contributed by atoms with E-state index >= 15 is 0 Å². The molecule has 0 N–H and O–H groups in total. The molecule has 1 aliphatic heterocycles. The van der Waals surface area contributed by atoms with Crippen LogP contribution < -0.4 is 4.74 Å². The summed E-state index contributed by atoms with van der Waals surface area (Å²) in [6.07, 6.45) is 9.34. The van der Waals surface area contributed by atoms with Gasteiger partial charge in [0, 0.05) is 42.5 Å². The molecule has 0 unspecified atom stereocenters. The van der Waals surface area contributed by atoms with Crippen LogP contribution in [0.2, 0.25) is 0 Å². The molecule has 0 radical (unpaired) electrons. The number of aromatic nitrogens is 5. The Kier molecular flexibility index (Phi) is 5.45. The molecule has 0 aliphatic carbocycles. The smallest absolute Gasteiger partial charge is 0.244 e. The minimum atomic E-state index is 0.120. The Bertz CT molecular complexity index is 1130. The minimum absolute atomic E-state index is 0.120.